The molecule has 0 aliphatic carbocycles. The van der Waals surface area contributed by atoms with Gasteiger partial charge in [0.1, 0.15) is 0 Å². The molecule has 6 heteroatoms. The SMILES string of the molecule is N#CP12(OCCO1)OCCS2. The van der Waals surface area contributed by atoms with Crippen LogP contribution >= 0.6 is 17.9 Å². The van der Waals surface area contributed by atoms with Crippen LogP contribution in [0.4, 0.5) is 0 Å². The number of nitrogens with zero attached hydrogens (tertiary/aromatic N) is 1. The molecule has 11 heavy (non-hydrogen) atoms. The summed E-state index contributed by atoms with van der Waals surface area (Å²) in [7, 11) is 0. The van der Waals surface area contributed by atoms with Gasteiger partial charge in [0.2, 0.25) is 0 Å². The molecule has 2 saturated heterocycles. The second-order valence-corrected chi connectivity index (χ2v) is 8.17. The monoisotopic (exact) mass is 193 g/mol. The third kappa shape index (κ3) is 0.986. The molecule has 62 valence electrons. The zero-order valence-corrected chi connectivity index (χ0v) is 7.57. The number of hydrogen-bond acceptors (Lipinski definition) is 5. The summed E-state index contributed by atoms with van der Waals surface area (Å²) < 4.78 is 16.0. The predicted octanol–water partition coefficient (Wildman–Crippen LogP) is 1.49. The zero-order chi connectivity index (χ0) is 7.81. The molecule has 0 radical (unpaired) electrons. The molecule has 2 heterocycles. The average Bonchev–Trinajstić information content (AvgIpc) is 2.64. The van der Waals surface area contributed by atoms with E-state index >= 15 is 0 Å². The first kappa shape index (κ1) is 7.78. The fraction of sp³-hybridized carbons (Fsp3) is 0.800. The van der Waals surface area contributed by atoms with Crippen LogP contribution in [-0.4, -0.2) is 25.6 Å². The summed E-state index contributed by atoms with van der Waals surface area (Å²) in [6.07, 6.45) is 0. The van der Waals surface area contributed by atoms with Crippen molar-refractivity contribution in [1.29, 1.82) is 5.26 Å². The van der Waals surface area contributed by atoms with Crippen LogP contribution < -0.4 is 0 Å². The molecule has 0 aromatic rings. The van der Waals surface area contributed by atoms with E-state index in [0.29, 0.717) is 19.8 Å². The van der Waals surface area contributed by atoms with Crippen LogP contribution in [0, 0.1) is 11.1 Å². The fourth-order valence-corrected chi connectivity index (χ4v) is 6.26. The molecule has 0 atom stereocenters. The Balaban J connectivity index is 2.34. The Hall–Kier alpha value is 0.150. The van der Waals surface area contributed by atoms with Crippen LogP contribution in [0.15, 0.2) is 0 Å². The average molecular weight is 193 g/mol. The molecule has 4 nitrogen and oxygen atoms in total. The molecular formula is C5H8NO3PS. The third-order valence-corrected chi connectivity index (χ3v) is 7.67. The Morgan fingerprint density at radius 2 is 1.82 bits per heavy atom. The van der Waals surface area contributed by atoms with Gasteiger partial charge in [-0.15, -0.1) is 0 Å². The van der Waals surface area contributed by atoms with Gasteiger partial charge in [0.25, 0.3) is 0 Å². The van der Waals surface area contributed by atoms with Crippen LogP contribution in [-0.2, 0) is 13.6 Å². The Morgan fingerprint density at radius 3 is 2.27 bits per heavy atom. The van der Waals surface area contributed by atoms with E-state index in [1.807, 2.05) is 0 Å². The molecule has 0 aromatic heterocycles. The van der Waals surface area contributed by atoms with E-state index in [2.05, 4.69) is 5.81 Å². The summed E-state index contributed by atoms with van der Waals surface area (Å²) in [4.78, 5) is 0. The summed E-state index contributed by atoms with van der Waals surface area (Å²) in [6, 6.07) is 0. The summed E-state index contributed by atoms with van der Waals surface area (Å²) in [6.45, 7) is -1.70. The van der Waals surface area contributed by atoms with Crippen LogP contribution in [0.1, 0.15) is 0 Å². The van der Waals surface area contributed by atoms with Gasteiger partial charge in [-0.2, -0.15) is 0 Å². The molecule has 0 bridgehead atoms. The first-order chi connectivity index (χ1) is 5.29. The normalized spacial score (nSPS) is 36.1. The van der Waals surface area contributed by atoms with Crippen LogP contribution in [0.25, 0.3) is 0 Å². The standard InChI is InChI=1S/C5H8NO3PS/c6-5-10(7-1-2-8-10)9-3-4-11-10/h1-4H2. The van der Waals surface area contributed by atoms with Gasteiger partial charge >= 0.3 is 68.1 Å². The summed E-state index contributed by atoms with van der Waals surface area (Å²) in [5, 5.41) is 8.92. The third-order valence-electron chi connectivity index (χ3n) is 1.59. The topological polar surface area (TPSA) is 51.5 Å². The van der Waals surface area contributed by atoms with E-state index in [1.54, 1.807) is 0 Å². The molecule has 0 N–H and O–H groups in total. The molecular weight excluding hydrogens is 185 g/mol. The van der Waals surface area contributed by atoms with E-state index in [0.717, 1.165) is 5.75 Å². The van der Waals surface area contributed by atoms with Crippen molar-refractivity contribution in [3.8, 4) is 5.81 Å². The summed E-state index contributed by atoms with van der Waals surface area (Å²) in [5.74, 6) is 2.88. The Kier molecular flexibility index (Phi) is 1.64. The fourth-order valence-electron chi connectivity index (χ4n) is 1.12. The van der Waals surface area contributed by atoms with Crippen molar-refractivity contribution in [2.45, 2.75) is 0 Å². The van der Waals surface area contributed by atoms with Gasteiger partial charge in [-0.05, 0) is 0 Å². The minimum absolute atomic E-state index is 0.485. The predicted molar refractivity (Wildman–Crippen MR) is 42.8 cm³/mol. The van der Waals surface area contributed by atoms with Crippen molar-refractivity contribution < 1.29 is 13.6 Å². The van der Waals surface area contributed by atoms with Crippen LogP contribution in [0.5, 0.6) is 0 Å². The van der Waals surface area contributed by atoms with Crippen molar-refractivity contribution in [3.63, 3.8) is 0 Å². The molecule has 2 fully saturated rings. The molecule has 2 aliphatic rings. The summed E-state index contributed by atoms with van der Waals surface area (Å²) in [5.41, 5.74) is 0. The van der Waals surface area contributed by atoms with Gasteiger partial charge in [-0.3, -0.25) is 0 Å². The van der Waals surface area contributed by atoms with E-state index in [-0.39, 0.29) is 0 Å². The van der Waals surface area contributed by atoms with Crippen molar-refractivity contribution in [3.05, 3.63) is 0 Å². The van der Waals surface area contributed by atoms with Crippen molar-refractivity contribution in [2.75, 3.05) is 25.6 Å². The Bertz CT molecular complexity index is 193. The van der Waals surface area contributed by atoms with Crippen molar-refractivity contribution in [1.82, 2.24) is 0 Å². The van der Waals surface area contributed by atoms with Gasteiger partial charge in [0.15, 0.2) is 0 Å². The Morgan fingerprint density at radius 1 is 1.18 bits per heavy atom. The molecule has 0 aromatic carbocycles. The Labute approximate surface area is 68.7 Å². The van der Waals surface area contributed by atoms with Gasteiger partial charge in [0, 0.05) is 0 Å². The van der Waals surface area contributed by atoms with E-state index in [9.17, 15) is 0 Å². The first-order valence-electron chi connectivity index (χ1n) is 3.33. The number of hydrogen-bond donors (Lipinski definition) is 0. The van der Waals surface area contributed by atoms with Gasteiger partial charge in [-0.25, -0.2) is 0 Å². The van der Waals surface area contributed by atoms with Gasteiger partial charge in [0.05, 0.1) is 0 Å². The molecule has 0 saturated carbocycles. The second kappa shape index (κ2) is 2.32. The molecule has 2 aliphatic heterocycles. The number of nitriles is 1. The molecule has 0 unspecified atom stereocenters. The first-order valence-corrected chi connectivity index (χ1v) is 6.91. The van der Waals surface area contributed by atoms with Gasteiger partial charge in [-0.1, -0.05) is 0 Å². The number of rotatable bonds is 0. The van der Waals surface area contributed by atoms with E-state index < -0.39 is 6.49 Å². The maximum atomic E-state index is 8.92. The molecule has 0 amide bonds. The van der Waals surface area contributed by atoms with Crippen LogP contribution in [0.3, 0.4) is 0 Å². The maximum absolute atomic E-state index is 8.92. The second-order valence-electron chi connectivity index (χ2n) is 2.25. The summed E-state index contributed by atoms with van der Waals surface area (Å²) >= 11 is 1.40. The van der Waals surface area contributed by atoms with E-state index in [1.165, 1.54) is 11.4 Å². The molecule has 1 spiro atoms. The van der Waals surface area contributed by atoms with E-state index in [4.69, 9.17) is 18.8 Å². The molecule has 2 rings (SSSR count). The van der Waals surface area contributed by atoms with Crippen LogP contribution in [0.2, 0.25) is 0 Å². The van der Waals surface area contributed by atoms with Crippen molar-refractivity contribution in [2.24, 2.45) is 0 Å². The quantitative estimate of drug-likeness (QED) is 0.545. The van der Waals surface area contributed by atoms with Gasteiger partial charge < -0.3 is 0 Å². The van der Waals surface area contributed by atoms with Crippen molar-refractivity contribution >= 4 is 17.9 Å². The zero-order valence-electron chi connectivity index (χ0n) is 5.86. The minimum atomic E-state index is -3.23.